The van der Waals surface area contributed by atoms with E-state index in [1.165, 1.54) is 29.1 Å². The van der Waals surface area contributed by atoms with Gasteiger partial charge in [-0.25, -0.2) is 9.97 Å². The summed E-state index contributed by atoms with van der Waals surface area (Å²) in [5.41, 5.74) is 0.692. The van der Waals surface area contributed by atoms with Crippen LogP contribution in [0.25, 0.3) is 22.4 Å². The maximum atomic E-state index is 13.5. The molecule has 0 spiro atoms. The van der Waals surface area contributed by atoms with Gasteiger partial charge in [-0.2, -0.15) is 13.2 Å². The molecule has 0 aliphatic rings. The van der Waals surface area contributed by atoms with Crippen molar-refractivity contribution in [3.63, 3.8) is 0 Å². The molecule has 0 unspecified atom stereocenters. The van der Waals surface area contributed by atoms with E-state index in [0.717, 1.165) is 11.8 Å². The van der Waals surface area contributed by atoms with E-state index < -0.39 is 22.8 Å². The van der Waals surface area contributed by atoms with Crippen LogP contribution < -0.4 is 10.3 Å². The summed E-state index contributed by atoms with van der Waals surface area (Å²) in [4.78, 5) is 25.2. The van der Waals surface area contributed by atoms with Crippen LogP contribution in [-0.2, 0) is 19.1 Å². The SMILES string of the molecule is COc1ccccc1CCn1c(-c2cscn2)nc2ccnc(C(F)(F)F)c2c1=O. The van der Waals surface area contributed by atoms with Crippen molar-refractivity contribution in [1.29, 1.82) is 0 Å². The van der Waals surface area contributed by atoms with E-state index in [1.54, 1.807) is 17.0 Å². The van der Waals surface area contributed by atoms with Gasteiger partial charge in [-0.15, -0.1) is 11.3 Å². The lowest BCUT2D eigenvalue weighted by atomic mass is 10.1. The number of thiazole rings is 1. The topological polar surface area (TPSA) is 69.9 Å². The Kier molecular flexibility index (Phi) is 5.25. The standard InChI is InChI=1S/C20H15F3N4O2S/c1-29-15-5-3-2-4-12(15)7-9-27-18(14-10-30-11-25-14)26-13-6-8-24-17(20(21,22)23)16(13)19(27)28/h2-6,8,10-11H,7,9H2,1H3. The molecule has 6 nitrogen and oxygen atoms in total. The van der Waals surface area contributed by atoms with E-state index in [-0.39, 0.29) is 17.9 Å². The predicted molar refractivity (Wildman–Crippen MR) is 107 cm³/mol. The number of pyridine rings is 1. The predicted octanol–water partition coefficient (Wildman–Crippen LogP) is 4.19. The van der Waals surface area contributed by atoms with Gasteiger partial charge < -0.3 is 4.74 Å². The summed E-state index contributed by atoms with van der Waals surface area (Å²) in [6.45, 7) is 0.0984. The molecule has 0 radical (unpaired) electrons. The minimum absolute atomic E-state index is 0.0705. The molecule has 0 fully saturated rings. The molecule has 0 saturated carbocycles. The number of rotatable bonds is 5. The average Bonchev–Trinajstić information content (AvgIpc) is 3.26. The number of ether oxygens (including phenoxy) is 1. The molecule has 0 amide bonds. The highest BCUT2D eigenvalue weighted by Crippen LogP contribution is 2.32. The number of methoxy groups -OCH3 is 1. The molecule has 4 aromatic rings. The number of aromatic nitrogens is 4. The Morgan fingerprint density at radius 3 is 2.67 bits per heavy atom. The fraction of sp³-hybridized carbons (Fsp3) is 0.200. The molecule has 154 valence electrons. The van der Waals surface area contributed by atoms with E-state index in [4.69, 9.17) is 4.74 Å². The summed E-state index contributed by atoms with van der Waals surface area (Å²) < 4.78 is 47.0. The maximum absolute atomic E-state index is 13.5. The van der Waals surface area contributed by atoms with Crippen molar-refractivity contribution in [1.82, 2.24) is 19.5 Å². The number of benzene rings is 1. The van der Waals surface area contributed by atoms with Crippen LogP contribution in [-0.4, -0.2) is 26.6 Å². The number of nitrogens with zero attached hydrogens (tertiary/aromatic N) is 4. The maximum Gasteiger partial charge on any atom is 0.434 e. The highest BCUT2D eigenvalue weighted by molar-refractivity contribution is 7.07. The van der Waals surface area contributed by atoms with Crippen LogP contribution in [0.4, 0.5) is 13.2 Å². The zero-order chi connectivity index (χ0) is 21.3. The van der Waals surface area contributed by atoms with Crippen molar-refractivity contribution in [3.8, 4) is 17.3 Å². The Hall–Kier alpha value is -3.27. The zero-order valence-electron chi connectivity index (χ0n) is 15.7. The van der Waals surface area contributed by atoms with E-state index in [0.29, 0.717) is 17.9 Å². The summed E-state index contributed by atoms with van der Waals surface area (Å²) >= 11 is 1.30. The highest BCUT2D eigenvalue weighted by Gasteiger charge is 2.36. The summed E-state index contributed by atoms with van der Waals surface area (Å²) in [6.07, 6.45) is -3.42. The Morgan fingerprint density at radius 2 is 1.97 bits per heavy atom. The smallest absolute Gasteiger partial charge is 0.434 e. The second-order valence-corrected chi connectivity index (χ2v) is 7.10. The van der Waals surface area contributed by atoms with Gasteiger partial charge in [0.1, 0.15) is 11.4 Å². The van der Waals surface area contributed by atoms with Crippen LogP contribution in [0.1, 0.15) is 11.3 Å². The quantitative estimate of drug-likeness (QED) is 0.473. The number of hydrogen-bond acceptors (Lipinski definition) is 6. The molecule has 3 heterocycles. The fourth-order valence-electron chi connectivity index (χ4n) is 3.24. The molecule has 0 saturated heterocycles. The average molecular weight is 432 g/mol. The highest BCUT2D eigenvalue weighted by atomic mass is 32.1. The van der Waals surface area contributed by atoms with Crippen molar-refractivity contribution in [2.24, 2.45) is 0 Å². The number of alkyl halides is 3. The first kappa shape index (κ1) is 20.0. The van der Waals surface area contributed by atoms with Gasteiger partial charge in [0.15, 0.2) is 11.5 Å². The van der Waals surface area contributed by atoms with Crippen LogP contribution in [0.2, 0.25) is 0 Å². The Labute approximate surface area is 172 Å². The molecule has 3 aromatic heterocycles. The van der Waals surface area contributed by atoms with Crippen LogP contribution in [0.5, 0.6) is 5.75 Å². The molecule has 10 heteroatoms. The van der Waals surface area contributed by atoms with Crippen molar-refractivity contribution in [2.75, 3.05) is 7.11 Å². The van der Waals surface area contributed by atoms with Gasteiger partial charge in [-0.05, 0) is 24.1 Å². The second kappa shape index (κ2) is 7.86. The first-order valence-electron chi connectivity index (χ1n) is 8.87. The van der Waals surface area contributed by atoms with Gasteiger partial charge in [-0.1, -0.05) is 18.2 Å². The van der Waals surface area contributed by atoms with Crippen molar-refractivity contribution in [3.05, 3.63) is 69.0 Å². The molecule has 0 aliphatic heterocycles. The lowest BCUT2D eigenvalue weighted by Gasteiger charge is -2.15. The number of halogens is 3. The van der Waals surface area contributed by atoms with E-state index in [1.807, 2.05) is 18.2 Å². The molecule has 0 aliphatic carbocycles. The largest absolute Gasteiger partial charge is 0.496 e. The Balaban J connectivity index is 1.91. The lowest BCUT2D eigenvalue weighted by Crippen LogP contribution is -2.27. The van der Waals surface area contributed by atoms with Gasteiger partial charge in [0.2, 0.25) is 0 Å². The molecule has 1 aromatic carbocycles. The van der Waals surface area contributed by atoms with Crippen molar-refractivity contribution in [2.45, 2.75) is 19.1 Å². The fourth-order valence-corrected chi connectivity index (χ4v) is 3.77. The van der Waals surface area contributed by atoms with E-state index in [2.05, 4.69) is 15.0 Å². The van der Waals surface area contributed by atoms with Gasteiger partial charge >= 0.3 is 6.18 Å². The Bertz CT molecular complexity index is 1250. The van der Waals surface area contributed by atoms with Crippen molar-refractivity contribution < 1.29 is 17.9 Å². The monoisotopic (exact) mass is 432 g/mol. The van der Waals surface area contributed by atoms with Crippen molar-refractivity contribution >= 4 is 22.2 Å². The third kappa shape index (κ3) is 3.65. The molecular weight excluding hydrogens is 417 g/mol. The third-order valence-electron chi connectivity index (χ3n) is 4.60. The summed E-state index contributed by atoms with van der Waals surface area (Å²) in [5.74, 6) is 0.843. The third-order valence-corrected chi connectivity index (χ3v) is 5.18. The Morgan fingerprint density at radius 1 is 1.17 bits per heavy atom. The first-order chi connectivity index (χ1) is 14.4. The number of aryl methyl sites for hydroxylation is 1. The summed E-state index contributed by atoms with van der Waals surface area (Å²) in [6, 6.07) is 8.56. The molecule has 4 rings (SSSR count). The van der Waals surface area contributed by atoms with Crippen LogP contribution in [0, 0.1) is 0 Å². The number of hydrogen-bond donors (Lipinski definition) is 0. The first-order valence-corrected chi connectivity index (χ1v) is 9.81. The minimum Gasteiger partial charge on any atom is -0.496 e. The summed E-state index contributed by atoms with van der Waals surface area (Å²) in [5, 5.41) is 1.14. The minimum atomic E-state index is -4.77. The second-order valence-electron chi connectivity index (χ2n) is 6.38. The van der Waals surface area contributed by atoms with E-state index >= 15 is 0 Å². The molecule has 0 atom stereocenters. The zero-order valence-corrected chi connectivity index (χ0v) is 16.5. The number of fused-ring (bicyclic) bond motifs is 1. The van der Waals surface area contributed by atoms with E-state index in [9.17, 15) is 18.0 Å². The molecule has 30 heavy (non-hydrogen) atoms. The van der Waals surface area contributed by atoms with Crippen LogP contribution in [0.3, 0.4) is 0 Å². The van der Waals surface area contributed by atoms with Gasteiger partial charge in [0, 0.05) is 18.1 Å². The lowest BCUT2D eigenvalue weighted by molar-refractivity contribution is -0.139. The number of para-hydroxylation sites is 1. The summed E-state index contributed by atoms with van der Waals surface area (Å²) in [7, 11) is 1.53. The van der Waals surface area contributed by atoms with Crippen LogP contribution >= 0.6 is 11.3 Å². The molecule has 0 N–H and O–H groups in total. The molecular formula is C20H15F3N4O2S. The normalized spacial score (nSPS) is 11.7. The van der Waals surface area contributed by atoms with Gasteiger partial charge in [0.25, 0.3) is 5.56 Å². The van der Waals surface area contributed by atoms with Gasteiger partial charge in [0.05, 0.1) is 23.5 Å². The van der Waals surface area contributed by atoms with Gasteiger partial charge in [-0.3, -0.25) is 14.3 Å². The van der Waals surface area contributed by atoms with Crippen LogP contribution in [0.15, 0.2) is 52.2 Å². The molecule has 0 bridgehead atoms.